The molecule has 3 heteroatoms. The van der Waals surface area contributed by atoms with Crippen LogP contribution >= 0.6 is 11.3 Å². The first-order chi connectivity index (χ1) is 7.66. The zero-order valence-electron chi connectivity index (χ0n) is 9.53. The topological polar surface area (TPSA) is 38.0 Å². The van der Waals surface area contributed by atoms with Crippen LogP contribution in [-0.4, -0.2) is 0 Å². The second kappa shape index (κ2) is 4.58. The average Bonchev–Trinajstić information content (AvgIpc) is 2.75. The van der Waals surface area contributed by atoms with E-state index < -0.39 is 0 Å². The molecule has 0 amide bonds. The number of nitrogen functional groups attached to an aromatic ring is 1. The van der Waals surface area contributed by atoms with Crippen molar-refractivity contribution in [3.05, 3.63) is 46.2 Å². The van der Waals surface area contributed by atoms with Gasteiger partial charge in [-0.05, 0) is 60.0 Å². The lowest BCUT2D eigenvalue weighted by molar-refractivity contribution is 0.888. The van der Waals surface area contributed by atoms with Gasteiger partial charge in [-0.1, -0.05) is 0 Å². The maximum absolute atomic E-state index is 5.73. The molecule has 1 aromatic heterocycles. The largest absolute Gasteiger partial charge is 0.399 e. The summed E-state index contributed by atoms with van der Waals surface area (Å²) >= 11 is 1.73. The maximum atomic E-state index is 5.73. The van der Waals surface area contributed by atoms with Crippen LogP contribution in [0.1, 0.15) is 24.1 Å². The van der Waals surface area contributed by atoms with E-state index in [9.17, 15) is 0 Å². The van der Waals surface area contributed by atoms with Gasteiger partial charge in [0.1, 0.15) is 0 Å². The van der Waals surface area contributed by atoms with E-state index in [1.54, 1.807) is 11.3 Å². The fourth-order valence-corrected chi connectivity index (χ4v) is 2.44. The monoisotopic (exact) mass is 232 g/mol. The Kier molecular flexibility index (Phi) is 3.15. The molecule has 0 saturated carbocycles. The van der Waals surface area contributed by atoms with E-state index in [-0.39, 0.29) is 0 Å². The van der Waals surface area contributed by atoms with Crippen LogP contribution in [0.15, 0.2) is 35.0 Å². The van der Waals surface area contributed by atoms with Crippen molar-refractivity contribution < 1.29 is 0 Å². The van der Waals surface area contributed by atoms with Crippen LogP contribution < -0.4 is 11.1 Å². The molecule has 2 nitrogen and oxygen atoms in total. The molecule has 0 aliphatic heterocycles. The third kappa shape index (κ3) is 2.36. The molecule has 0 spiro atoms. The molecule has 0 bridgehead atoms. The van der Waals surface area contributed by atoms with Crippen molar-refractivity contribution in [1.82, 2.24) is 0 Å². The smallest absolute Gasteiger partial charge is 0.0493 e. The summed E-state index contributed by atoms with van der Waals surface area (Å²) in [5, 5.41) is 7.76. The number of anilines is 2. The van der Waals surface area contributed by atoms with Crippen LogP contribution in [0.25, 0.3) is 0 Å². The summed E-state index contributed by atoms with van der Waals surface area (Å²) in [4.78, 5) is 0. The minimum Gasteiger partial charge on any atom is -0.399 e. The van der Waals surface area contributed by atoms with Crippen molar-refractivity contribution in [1.29, 1.82) is 0 Å². The molecular weight excluding hydrogens is 216 g/mol. The Labute approximate surface area is 100 Å². The molecule has 1 heterocycles. The van der Waals surface area contributed by atoms with E-state index in [4.69, 9.17) is 5.73 Å². The van der Waals surface area contributed by atoms with E-state index in [0.717, 1.165) is 11.4 Å². The summed E-state index contributed by atoms with van der Waals surface area (Å²) in [5.41, 5.74) is 10.2. The third-order valence-corrected chi connectivity index (χ3v) is 3.37. The fourth-order valence-electron chi connectivity index (χ4n) is 1.69. The van der Waals surface area contributed by atoms with Gasteiger partial charge in [-0.15, -0.1) is 0 Å². The molecule has 3 N–H and O–H groups in total. The molecule has 16 heavy (non-hydrogen) atoms. The second-order valence-corrected chi connectivity index (χ2v) is 4.78. The van der Waals surface area contributed by atoms with Crippen LogP contribution in [-0.2, 0) is 0 Å². The third-order valence-electron chi connectivity index (χ3n) is 2.67. The first kappa shape index (κ1) is 11.0. The van der Waals surface area contributed by atoms with Gasteiger partial charge in [0.2, 0.25) is 0 Å². The highest BCUT2D eigenvalue weighted by Crippen LogP contribution is 2.24. The van der Waals surface area contributed by atoms with Gasteiger partial charge >= 0.3 is 0 Å². The van der Waals surface area contributed by atoms with Gasteiger partial charge in [0.15, 0.2) is 0 Å². The van der Waals surface area contributed by atoms with E-state index in [2.05, 4.69) is 36.0 Å². The Morgan fingerprint density at radius 2 is 2.12 bits per heavy atom. The molecule has 1 atom stereocenters. The summed E-state index contributed by atoms with van der Waals surface area (Å²) in [5.74, 6) is 0. The van der Waals surface area contributed by atoms with Crippen molar-refractivity contribution in [3.8, 4) is 0 Å². The van der Waals surface area contributed by atoms with Crippen LogP contribution in [0.5, 0.6) is 0 Å². The molecule has 2 rings (SSSR count). The standard InChI is InChI=1S/C13H16N2S/c1-9-7-12(14)3-4-13(9)15-10(2)11-5-6-16-8-11/h3-8,10,15H,14H2,1-2H3. The minimum atomic E-state index is 0.327. The quantitative estimate of drug-likeness (QED) is 0.790. The normalized spacial score (nSPS) is 12.4. The molecule has 2 aromatic rings. The molecule has 0 aliphatic rings. The van der Waals surface area contributed by atoms with Crippen molar-refractivity contribution in [2.45, 2.75) is 19.9 Å². The number of hydrogen-bond donors (Lipinski definition) is 2. The molecule has 0 saturated heterocycles. The first-order valence-electron chi connectivity index (χ1n) is 5.31. The first-order valence-corrected chi connectivity index (χ1v) is 6.26. The van der Waals surface area contributed by atoms with Gasteiger partial charge in [-0.25, -0.2) is 0 Å². The number of benzene rings is 1. The summed E-state index contributed by atoms with van der Waals surface area (Å²) in [6.07, 6.45) is 0. The van der Waals surface area contributed by atoms with E-state index >= 15 is 0 Å². The molecule has 0 aliphatic carbocycles. The Morgan fingerprint density at radius 1 is 1.31 bits per heavy atom. The fraction of sp³-hybridized carbons (Fsp3) is 0.231. The maximum Gasteiger partial charge on any atom is 0.0493 e. The summed E-state index contributed by atoms with van der Waals surface area (Å²) in [6.45, 7) is 4.23. The number of nitrogens with two attached hydrogens (primary N) is 1. The Balaban J connectivity index is 2.15. The van der Waals surface area contributed by atoms with E-state index in [0.29, 0.717) is 6.04 Å². The Morgan fingerprint density at radius 3 is 2.75 bits per heavy atom. The number of nitrogens with one attached hydrogen (secondary N) is 1. The zero-order valence-corrected chi connectivity index (χ0v) is 10.3. The number of hydrogen-bond acceptors (Lipinski definition) is 3. The van der Waals surface area contributed by atoms with Crippen molar-refractivity contribution in [2.75, 3.05) is 11.1 Å². The Bertz CT molecular complexity index is 463. The summed E-state index contributed by atoms with van der Waals surface area (Å²) in [6, 6.07) is 8.43. The van der Waals surface area contributed by atoms with Gasteiger partial charge in [-0.3, -0.25) is 0 Å². The predicted molar refractivity (Wildman–Crippen MR) is 71.9 cm³/mol. The van der Waals surface area contributed by atoms with E-state index in [1.807, 2.05) is 18.2 Å². The lowest BCUT2D eigenvalue weighted by Gasteiger charge is -2.16. The van der Waals surface area contributed by atoms with Crippen LogP contribution in [0.2, 0.25) is 0 Å². The Hall–Kier alpha value is -1.48. The van der Waals surface area contributed by atoms with Crippen LogP contribution in [0.3, 0.4) is 0 Å². The SMILES string of the molecule is Cc1cc(N)ccc1NC(C)c1ccsc1. The second-order valence-electron chi connectivity index (χ2n) is 4.00. The van der Waals surface area contributed by atoms with Gasteiger partial charge < -0.3 is 11.1 Å². The highest BCUT2D eigenvalue weighted by molar-refractivity contribution is 7.07. The molecule has 1 unspecified atom stereocenters. The lowest BCUT2D eigenvalue weighted by atomic mass is 10.1. The summed E-state index contributed by atoms with van der Waals surface area (Å²) in [7, 11) is 0. The van der Waals surface area contributed by atoms with Crippen molar-refractivity contribution >= 4 is 22.7 Å². The molecule has 0 fully saturated rings. The lowest BCUT2D eigenvalue weighted by Crippen LogP contribution is -2.06. The molecule has 0 radical (unpaired) electrons. The number of thiophene rings is 1. The van der Waals surface area contributed by atoms with Crippen LogP contribution in [0.4, 0.5) is 11.4 Å². The average molecular weight is 232 g/mol. The van der Waals surface area contributed by atoms with Crippen molar-refractivity contribution in [3.63, 3.8) is 0 Å². The zero-order chi connectivity index (χ0) is 11.5. The highest BCUT2D eigenvalue weighted by atomic mass is 32.1. The van der Waals surface area contributed by atoms with Crippen LogP contribution in [0, 0.1) is 6.92 Å². The van der Waals surface area contributed by atoms with Gasteiger partial charge in [0, 0.05) is 17.4 Å². The summed E-state index contributed by atoms with van der Waals surface area (Å²) < 4.78 is 0. The molecule has 1 aromatic carbocycles. The highest BCUT2D eigenvalue weighted by Gasteiger charge is 2.06. The van der Waals surface area contributed by atoms with Gasteiger partial charge in [0.05, 0.1) is 0 Å². The van der Waals surface area contributed by atoms with Crippen molar-refractivity contribution in [2.24, 2.45) is 0 Å². The minimum absolute atomic E-state index is 0.327. The molecular formula is C13H16N2S. The predicted octanol–water partition coefficient (Wildman–Crippen LogP) is 3.81. The van der Waals surface area contributed by atoms with Gasteiger partial charge in [-0.2, -0.15) is 11.3 Å². The number of rotatable bonds is 3. The van der Waals surface area contributed by atoms with Gasteiger partial charge in [0.25, 0.3) is 0 Å². The molecule has 84 valence electrons. The number of aryl methyl sites for hydroxylation is 1. The van der Waals surface area contributed by atoms with E-state index in [1.165, 1.54) is 11.1 Å².